The van der Waals surface area contributed by atoms with Crippen LogP contribution in [0.1, 0.15) is 16.2 Å². The van der Waals surface area contributed by atoms with Crippen LogP contribution in [0, 0.1) is 17.0 Å². The summed E-state index contributed by atoms with van der Waals surface area (Å²) >= 11 is 3.31. The fraction of sp³-hybridized carbons (Fsp3) is 0.167. The van der Waals surface area contributed by atoms with Crippen LogP contribution in [-0.2, 0) is 7.05 Å². The standard InChI is InChI=1S/C12H11BrN4O3/c1-7-10(13)11(15-16(7)2)12(18)14-8-3-5-9(6-4-8)17(19)20/h3-6H,1-2H3,(H,14,18). The van der Waals surface area contributed by atoms with E-state index >= 15 is 0 Å². The van der Waals surface area contributed by atoms with E-state index in [0.29, 0.717) is 10.2 Å². The minimum Gasteiger partial charge on any atom is -0.321 e. The Morgan fingerprint density at radius 3 is 2.45 bits per heavy atom. The third kappa shape index (κ3) is 2.69. The molecule has 104 valence electrons. The normalized spacial score (nSPS) is 10.3. The number of nitrogens with one attached hydrogen (secondary N) is 1. The van der Waals surface area contributed by atoms with E-state index in [2.05, 4.69) is 26.3 Å². The molecule has 0 aliphatic heterocycles. The summed E-state index contributed by atoms with van der Waals surface area (Å²) in [4.78, 5) is 22.1. The quantitative estimate of drug-likeness (QED) is 0.688. The molecule has 1 amide bonds. The molecule has 7 nitrogen and oxygen atoms in total. The molecule has 1 aromatic carbocycles. The zero-order valence-electron chi connectivity index (χ0n) is 10.8. The number of aromatic nitrogens is 2. The van der Waals surface area contributed by atoms with Crippen LogP contribution in [0.2, 0.25) is 0 Å². The van der Waals surface area contributed by atoms with Crippen LogP contribution in [0.4, 0.5) is 11.4 Å². The number of nitro benzene ring substituents is 1. The van der Waals surface area contributed by atoms with Crippen molar-refractivity contribution in [3.63, 3.8) is 0 Å². The molecular weight excluding hydrogens is 328 g/mol. The van der Waals surface area contributed by atoms with Crippen LogP contribution < -0.4 is 5.32 Å². The van der Waals surface area contributed by atoms with E-state index in [9.17, 15) is 14.9 Å². The van der Waals surface area contributed by atoms with Crippen molar-refractivity contribution in [3.05, 3.63) is 50.2 Å². The lowest BCUT2D eigenvalue weighted by molar-refractivity contribution is -0.384. The molecule has 1 aromatic heterocycles. The van der Waals surface area contributed by atoms with E-state index in [-0.39, 0.29) is 17.3 Å². The van der Waals surface area contributed by atoms with Crippen molar-refractivity contribution in [1.82, 2.24) is 9.78 Å². The van der Waals surface area contributed by atoms with Crippen LogP contribution in [0.15, 0.2) is 28.7 Å². The Morgan fingerprint density at radius 1 is 1.40 bits per heavy atom. The minimum atomic E-state index is -0.496. The number of aryl methyl sites for hydroxylation is 1. The number of benzene rings is 1. The average molecular weight is 339 g/mol. The SMILES string of the molecule is Cc1c(Br)c(C(=O)Nc2ccc([N+](=O)[O-])cc2)nn1C. The topological polar surface area (TPSA) is 90.1 Å². The maximum absolute atomic E-state index is 12.1. The second-order valence-electron chi connectivity index (χ2n) is 4.13. The summed E-state index contributed by atoms with van der Waals surface area (Å²) in [7, 11) is 1.74. The van der Waals surface area contributed by atoms with Crippen LogP contribution in [0.25, 0.3) is 0 Å². The van der Waals surface area contributed by atoms with Gasteiger partial charge in [0, 0.05) is 24.9 Å². The number of anilines is 1. The molecule has 0 unspecified atom stereocenters. The van der Waals surface area contributed by atoms with Crippen molar-refractivity contribution < 1.29 is 9.72 Å². The average Bonchev–Trinajstić information content (AvgIpc) is 2.67. The summed E-state index contributed by atoms with van der Waals surface area (Å²) in [6, 6.07) is 5.60. The van der Waals surface area contributed by atoms with Crippen LogP contribution in [0.5, 0.6) is 0 Å². The molecule has 0 saturated carbocycles. The summed E-state index contributed by atoms with van der Waals surface area (Å²) in [6.45, 7) is 1.83. The molecule has 2 aromatic rings. The van der Waals surface area contributed by atoms with E-state index in [1.165, 1.54) is 24.3 Å². The minimum absolute atomic E-state index is 0.0298. The molecule has 0 aliphatic carbocycles. The van der Waals surface area contributed by atoms with Crippen LogP contribution in [0.3, 0.4) is 0 Å². The zero-order chi connectivity index (χ0) is 14.9. The molecule has 1 N–H and O–H groups in total. The van der Waals surface area contributed by atoms with Gasteiger partial charge in [-0.2, -0.15) is 5.10 Å². The van der Waals surface area contributed by atoms with Gasteiger partial charge in [0.05, 0.1) is 15.1 Å². The molecule has 0 spiro atoms. The smallest absolute Gasteiger partial charge is 0.277 e. The van der Waals surface area contributed by atoms with E-state index in [1.807, 2.05) is 6.92 Å². The predicted molar refractivity (Wildman–Crippen MR) is 76.7 cm³/mol. The van der Waals surface area contributed by atoms with Crippen LogP contribution >= 0.6 is 15.9 Å². The van der Waals surface area contributed by atoms with Gasteiger partial charge in [0.15, 0.2) is 5.69 Å². The Hall–Kier alpha value is -2.22. The Bertz CT molecular complexity index is 679. The number of hydrogen-bond donors (Lipinski definition) is 1. The first-order chi connectivity index (χ1) is 9.40. The third-order valence-corrected chi connectivity index (χ3v) is 3.76. The van der Waals surface area contributed by atoms with Gasteiger partial charge in [-0.15, -0.1) is 0 Å². The largest absolute Gasteiger partial charge is 0.321 e. The Labute approximate surface area is 122 Å². The Kier molecular flexibility index (Phi) is 3.84. The summed E-state index contributed by atoms with van der Waals surface area (Å²) in [5, 5.41) is 17.3. The first kappa shape index (κ1) is 14.2. The van der Waals surface area contributed by atoms with Crippen LogP contribution in [-0.4, -0.2) is 20.6 Å². The van der Waals surface area contributed by atoms with Gasteiger partial charge in [0.2, 0.25) is 0 Å². The van der Waals surface area contributed by atoms with Gasteiger partial charge < -0.3 is 5.32 Å². The highest BCUT2D eigenvalue weighted by Gasteiger charge is 2.18. The number of carbonyl (C=O) groups excluding carboxylic acids is 1. The maximum Gasteiger partial charge on any atom is 0.277 e. The maximum atomic E-state index is 12.1. The van der Waals surface area contributed by atoms with Gasteiger partial charge in [0.25, 0.3) is 11.6 Å². The predicted octanol–water partition coefficient (Wildman–Crippen LogP) is 2.65. The van der Waals surface area contributed by atoms with E-state index in [1.54, 1.807) is 11.7 Å². The number of hydrogen-bond acceptors (Lipinski definition) is 4. The van der Waals surface area contributed by atoms with Crippen molar-refractivity contribution >= 4 is 33.2 Å². The van der Waals surface area contributed by atoms with Crippen molar-refractivity contribution in [2.75, 3.05) is 5.32 Å². The summed E-state index contributed by atoms with van der Waals surface area (Å²) in [5.41, 5.74) is 1.54. The Balaban J connectivity index is 2.19. The van der Waals surface area contributed by atoms with Crippen molar-refractivity contribution in [3.8, 4) is 0 Å². The molecule has 0 aliphatic rings. The van der Waals surface area contributed by atoms with E-state index in [4.69, 9.17) is 0 Å². The second-order valence-corrected chi connectivity index (χ2v) is 4.92. The van der Waals surface area contributed by atoms with Gasteiger partial charge in [-0.25, -0.2) is 0 Å². The van der Waals surface area contributed by atoms with Crippen molar-refractivity contribution in [1.29, 1.82) is 0 Å². The lowest BCUT2D eigenvalue weighted by atomic mass is 10.2. The summed E-state index contributed by atoms with van der Waals surface area (Å²) < 4.78 is 2.22. The monoisotopic (exact) mass is 338 g/mol. The molecule has 0 radical (unpaired) electrons. The van der Waals surface area contributed by atoms with Crippen molar-refractivity contribution in [2.24, 2.45) is 7.05 Å². The van der Waals surface area contributed by atoms with Gasteiger partial charge in [-0.1, -0.05) is 0 Å². The zero-order valence-corrected chi connectivity index (χ0v) is 12.3. The fourth-order valence-corrected chi connectivity index (χ4v) is 2.10. The number of amides is 1. The van der Waals surface area contributed by atoms with Gasteiger partial charge in [-0.05, 0) is 35.0 Å². The first-order valence-electron chi connectivity index (χ1n) is 5.65. The molecule has 0 bridgehead atoms. The molecule has 2 rings (SSSR count). The summed E-state index contributed by atoms with van der Waals surface area (Å²) in [6.07, 6.45) is 0. The van der Waals surface area contributed by atoms with Crippen molar-refractivity contribution in [2.45, 2.75) is 6.92 Å². The number of non-ortho nitro benzene ring substituents is 1. The molecule has 8 heteroatoms. The molecule has 0 saturated heterocycles. The lowest BCUT2D eigenvalue weighted by Crippen LogP contribution is -2.13. The number of halogens is 1. The summed E-state index contributed by atoms with van der Waals surface area (Å²) in [5.74, 6) is -0.380. The van der Waals surface area contributed by atoms with E-state index in [0.717, 1.165) is 5.69 Å². The lowest BCUT2D eigenvalue weighted by Gasteiger charge is -2.03. The van der Waals surface area contributed by atoms with Gasteiger partial charge >= 0.3 is 0 Å². The fourth-order valence-electron chi connectivity index (χ4n) is 1.58. The van der Waals surface area contributed by atoms with Gasteiger partial charge in [-0.3, -0.25) is 19.6 Å². The molecule has 0 atom stereocenters. The van der Waals surface area contributed by atoms with Gasteiger partial charge in [0.1, 0.15) is 0 Å². The highest BCUT2D eigenvalue weighted by Crippen LogP contribution is 2.22. The molecular formula is C12H11BrN4O3. The van der Waals surface area contributed by atoms with E-state index < -0.39 is 4.92 Å². The first-order valence-corrected chi connectivity index (χ1v) is 6.44. The number of nitrogens with zero attached hydrogens (tertiary/aromatic N) is 3. The molecule has 1 heterocycles. The number of nitro groups is 1. The number of rotatable bonds is 3. The highest BCUT2D eigenvalue weighted by atomic mass is 79.9. The highest BCUT2D eigenvalue weighted by molar-refractivity contribution is 9.10. The molecule has 20 heavy (non-hydrogen) atoms. The third-order valence-electron chi connectivity index (χ3n) is 2.81. The number of carbonyl (C=O) groups is 1. The molecule has 0 fully saturated rings. The second kappa shape index (κ2) is 5.41. The Morgan fingerprint density at radius 2 is 2.00 bits per heavy atom.